The summed E-state index contributed by atoms with van der Waals surface area (Å²) in [5.41, 5.74) is 0.485. The molecular weight excluding hydrogens is 179 g/mol. The molecule has 1 aromatic rings. The smallest absolute Gasteiger partial charge is 0.156 e. The molecule has 4 heteroatoms. The molecular formula is C8H8FO2S. The Morgan fingerprint density at radius 2 is 1.75 bits per heavy atom. The zero-order chi connectivity index (χ0) is 9.19. The zero-order valence-corrected chi connectivity index (χ0v) is 7.31. The van der Waals surface area contributed by atoms with E-state index in [1.54, 1.807) is 0 Å². The number of halogens is 1. The molecule has 1 radical (unpaired) electrons. The van der Waals surface area contributed by atoms with Crippen LogP contribution in [0.3, 0.4) is 0 Å². The Morgan fingerprint density at radius 1 is 1.25 bits per heavy atom. The van der Waals surface area contributed by atoms with Crippen LogP contribution in [0.25, 0.3) is 0 Å². The molecule has 0 aromatic heterocycles. The quantitative estimate of drug-likeness (QED) is 0.701. The SMILES string of the molecule is CS(=O)(=O)[CH]c1ccc(F)cc1. The minimum Gasteiger partial charge on any atom is -0.228 e. The van der Waals surface area contributed by atoms with Crippen LogP contribution in [0.4, 0.5) is 4.39 Å². The highest BCUT2D eigenvalue weighted by atomic mass is 32.2. The molecule has 0 unspecified atom stereocenters. The predicted molar refractivity (Wildman–Crippen MR) is 44.6 cm³/mol. The fraction of sp³-hybridized carbons (Fsp3) is 0.125. The van der Waals surface area contributed by atoms with Gasteiger partial charge in [-0.25, -0.2) is 12.8 Å². The molecule has 65 valence electrons. The lowest BCUT2D eigenvalue weighted by Gasteiger charge is -1.96. The molecule has 0 heterocycles. The Hall–Kier alpha value is -0.900. The molecule has 0 bridgehead atoms. The average Bonchev–Trinajstić information content (AvgIpc) is 1.91. The van der Waals surface area contributed by atoms with Crippen LogP contribution in [-0.4, -0.2) is 14.7 Å². The van der Waals surface area contributed by atoms with E-state index in [-0.39, 0.29) is 5.82 Å². The predicted octanol–water partition coefficient (Wildman–Crippen LogP) is 1.38. The van der Waals surface area contributed by atoms with Crippen molar-refractivity contribution >= 4 is 9.84 Å². The van der Waals surface area contributed by atoms with E-state index in [4.69, 9.17) is 0 Å². The average molecular weight is 187 g/mol. The molecule has 0 aliphatic carbocycles. The molecule has 0 atom stereocenters. The largest absolute Gasteiger partial charge is 0.228 e. The molecule has 1 aromatic carbocycles. The van der Waals surface area contributed by atoms with Crippen LogP contribution in [0.15, 0.2) is 24.3 Å². The van der Waals surface area contributed by atoms with Crippen molar-refractivity contribution in [3.05, 3.63) is 41.4 Å². The summed E-state index contributed by atoms with van der Waals surface area (Å²) in [6.45, 7) is 0. The molecule has 0 aliphatic heterocycles. The maximum Gasteiger partial charge on any atom is 0.156 e. The summed E-state index contributed by atoms with van der Waals surface area (Å²) in [7, 11) is -3.14. The number of hydrogen-bond donors (Lipinski definition) is 0. The van der Waals surface area contributed by atoms with E-state index in [2.05, 4.69) is 0 Å². The summed E-state index contributed by atoms with van der Waals surface area (Å²) in [6, 6.07) is 5.26. The summed E-state index contributed by atoms with van der Waals surface area (Å²) in [4.78, 5) is 0. The number of sulfone groups is 1. The van der Waals surface area contributed by atoms with Crippen molar-refractivity contribution in [2.24, 2.45) is 0 Å². The van der Waals surface area contributed by atoms with Crippen molar-refractivity contribution < 1.29 is 12.8 Å². The lowest BCUT2D eigenvalue weighted by molar-refractivity contribution is 0.607. The molecule has 0 saturated carbocycles. The van der Waals surface area contributed by atoms with Gasteiger partial charge >= 0.3 is 0 Å². The van der Waals surface area contributed by atoms with Gasteiger partial charge in [-0.05, 0) is 17.7 Å². The van der Waals surface area contributed by atoms with Crippen LogP contribution < -0.4 is 0 Å². The minimum atomic E-state index is -3.14. The fourth-order valence-electron chi connectivity index (χ4n) is 0.789. The number of rotatable bonds is 2. The van der Waals surface area contributed by atoms with Gasteiger partial charge in [-0.1, -0.05) is 12.1 Å². The number of hydrogen-bond acceptors (Lipinski definition) is 2. The lowest BCUT2D eigenvalue weighted by Crippen LogP contribution is -1.97. The maximum atomic E-state index is 12.4. The minimum absolute atomic E-state index is 0.374. The van der Waals surface area contributed by atoms with Crippen LogP contribution in [0.2, 0.25) is 0 Å². The Balaban J connectivity index is 2.85. The van der Waals surface area contributed by atoms with Crippen molar-refractivity contribution in [2.45, 2.75) is 0 Å². The van der Waals surface area contributed by atoms with E-state index < -0.39 is 9.84 Å². The first-order chi connectivity index (χ1) is 5.47. The van der Waals surface area contributed by atoms with Crippen LogP contribution in [0.1, 0.15) is 5.56 Å². The van der Waals surface area contributed by atoms with Gasteiger partial charge in [-0.3, -0.25) is 0 Å². The first kappa shape index (κ1) is 9.19. The normalized spacial score (nSPS) is 11.5. The van der Waals surface area contributed by atoms with E-state index in [1.807, 2.05) is 0 Å². The Kier molecular flexibility index (Phi) is 2.47. The van der Waals surface area contributed by atoms with Crippen LogP contribution in [-0.2, 0) is 9.84 Å². The molecule has 0 fully saturated rings. The second kappa shape index (κ2) is 3.23. The van der Waals surface area contributed by atoms with Gasteiger partial charge in [0.15, 0.2) is 9.84 Å². The highest BCUT2D eigenvalue weighted by molar-refractivity contribution is 7.92. The highest BCUT2D eigenvalue weighted by Gasteiger charge is 2.04. The molecule has 0 amide bonds. The summed E-state index contributed by atoms with van der Waals surface area (Å²) >= 11 is 0. The van der Waals surface area contributed by atoms with Gasteiger partial charge in [0.2, 0.25) is 0 Å². The van der Waals surface area contributed by atoms with Gasteiger partial charge in [0.1, 0.15) is 11.6 Å². The topological polar surface area (TPSA) is 34.1 Å². The van der Waals surface area contributed by atoms with Gasteiger partial charge in [0.25, 0.3) is 0 Å². The standard InChI is InChI=1S/C8H8FO2S/c1-12(10,11)6-7-2-4-8(9)5-3-7/h2-6H,1H3. The van der Waals surface area contributed by atoms with E-state index in [0.717, 1.165) is 12.0 Å². The fourth-order valence-corrected chi connectivity index (χ4v) is 1.44. The van der Waals surface area contributed by atoms with Crippen molar-refractivity contribution in [3.63, 3.8) is 0 Å². The van der Waals surface area contributed by atoms with Gasteiger partial charge in [-0.2, -0.15) is 0 Å². The van der Waals surface area contributed by atoms with Gasteiger partial charge < -0.3 is 0 Å². The summed E-state index contributed by atoms with van der Waals surface area (Å²) in [5.74, 6) is 0.715. The van der Waals surface area contributed by atoms with Crippen LogP contribution >= 0.6 is 0 Å². The molecule has 12 heavy (non-hydrogen) atoms. The highest BCUT2D eigenvalue weighted by Crippen LogP contribution is 2.08. The third-order valence-corrected chi connectivity index (χ3v) is 1.92. The van der Waals surface area contributed by atoms with Gasteiger partial charge in [0.05, 0.1) is 0 Å². The summed E-state index contributed by atoms with van der Waals surface area (Å²) < 4.78 is 33.8. The van der Waals surface area contributed by atoms with Crippen molar-refractivity contribution in [1.82, 2.24) is 0 Å². The Morgan fingerprint density at radius 3 is 2.17 bits per heavy atom. The van der Waals surface area contributed by atoms with Crippen molar-refractivity contribution in [2.75, 3.05) is 6.26 Å². The van der Waals surface area contributed by atoms with Crippen LogP contribution in [0, 0.1) is 11.6 Å². The molecule has 1 rings (SSSR count). The maximum absolute atomic E-state index is 12.4. The first-order valence-corrected chi connectivity index (χ1v) is 5.23. The lowest BCUT2D eigenvalue weighted by atomic mass is 10.2. The van der Waals surface area contributed by atoms with Crippen LogP contribution in [0.5, 0.6) is 0 Å². The molecule has 2 nitrogen and oxygen atoms in total. The third kappa shape index (κ3) is 3.00. The Labute approximate surface area is 71.0 Å². The second-order valence-corrected chi connectivity index (χ2v) is 4.39. The van der Waals surface area contributed by atoms with Gasteiger partial charge in [0, 0.05) is 6.26 Å². The van der Waals surface area contributed by atoms with Crippen molar-refractivity contribution in [1.29, 1.82) is 0 Å². The van der Waals surface area contributed by atoms with E-state index in [9.17, 15) is 12.8 Å². The van der Waals surface area contributed by atoms with Gasteiger partial charge in [-0.15, -0.1) is 0 Å². The zero-order valence-electron chi connectivity index (χ0n) is 6.49. The van der Waals surface area contributed by atoms with E-state index >= 15 is 0 Å². The van der Waals surface area contributed by atoms with E-state index in [0.29, 0.717) is 5.56 Å². The third-order valence-electron chi connectivity index (χ3n) is 1.22. The van der Waals surface area contributed by atoms with Crippen molar-refractivity contribution in [3.8, 4) is 0 Å². The molecule has 0 aliphatic rings. The summed E-state index contributed by atoms with van der Waals surface area (Å²) in [6.07, 6.45) is 1.09. The van der Waals surface area contributed by atoms with E-state index in [1.165, 1.54) is 24.3 Å². The Bertz CT molecular complexity index is 353. The number of benzene rings is 1. The summed E-state index contributed by atoms with van der Waals surface area (Å²) in [5, 5.41) is 0. The molecule has 0 saturated heterocycles. The first-order valence-electron chi connectivity index (χ1n) is 3.28. The molecule has 0 N–H and O–H groups in total. The monoisotopic (exact) mass is 187 g/mol. The molecule has 0 spiro atoms. The second-order valence-electron chi connectivity index (χ2n) is 2.50.